The molecule has 1 aromatic carbocycles. The summed E-state index contributed by atoms with van der Waals surface area (Å²) in [4.78, 5) is 4.12. The Morgan fingerprint density at radius 3 is 3.05 bits per heavy atom. The van der Waals surface area contributed by atoms with Crippen LogP contribution in [0.4, 0.5) is 0 Å². The van der Waals surface area contributed by atoms with E-state index >= 15 is 0 Å². The van der Waals surface area contributed by atoms with Crippen LogP contribution in [0.2, 0.25) is 0 Å². The molecule has 1 aromatic heterocycles. The van der Waals surface area contributed by atoms with Crippen molar-refractivity contribution in [2.75, 3.05) is 6.54 Å². The van der Waals surface area contributed by atoms with Gasteiger partial charge in [0.15, 0.2) is 0 Å². The van der Waals surface area contributed by atoms with Crippen LogP contribution in [0.25, 0.3) is 0 Å². The van der Waals surface area contributed by atoms with Crippen molar-refractivity contribution in [3.05, 3.63) is 47.5 Å². The highest BCUT2D eigenvalue weighted by atomic mass is 15.2. The van der Waals surface area contributed by atoms with E-state index in [1.165, 1.54) is 24.0 Å². The minimum atomic E-state index is 0.839. The molecule has 1 fully saturated rings. The second-order valence-corrected chi connectivity index (χ2v) is 5.23. The lowest BCUT2D eigenvalue weighted by atomic mass is 10.1. The first kappa shape index (κ1) is 12.4. The van der Waals surface area contributed by atoms with Gasteiger partial charge in [-0.1, -0.05) is 24.3 Å². The Bertz CT molecular complexity index is 503. The van der Waals surface area contributed by atoms with Gasteiger partial charge in [0.2, 0.25) is 0 Å². The van der Waals surface area contributed by atoms with Gasteiger partial charge < -0.3 is 5.32 Å². The van der Waals surface area contributed by atoms with E-state index < -0.39 is 0 Å². The maximum absolute atomic E-state index is 4.12. The highest BCUT2D eigenvalue weighted by Crippen LogP contribution is 2.40. The van der Waals surface area contributed by atoms with Crippen LogP contribution in [0, 0.1) is 0 Å². The number of benzene rings is 1. The highest BCUT2D eigenvalue weighted by Gasteiger charge is 2.23. The molecular weight excluding hydrogens is 236 g/mol. The monoisotopic (exact) mass is 256 g/mol. The van der Waals surface area contributed by atoms with E-state index in [9.17, 15) is 0 Å². The van der Waals surface area contributed by atoms with Crippen molar-refractivity contribution in [1.82, 2.24) is 20.5 Å². The van der Waals surface area contributed by atoms with E-state index in [0.717, 1.165) is 37.7 Å². The second kappa shape index (κ2) is 5.97. The van der Waals surface area contributed by atoms with Crippen molar-refractivity contribution in [2.45, 2.75) is 38.1 Å². The average Bonchev–Trinajstić information content (AvgIpc) is 3.17. The molecule has 2 aromatic rings. The molecule has 4 heteroatoms. The van der Waals surface area contributed by atoms with Gasteiger partial charge in [-0.15, -0.1) is 0 Å². The topological polar surface area (TPSA) is 53.6 Å². The third kappa shape index (κ3) is 3.64. The Hall–Kier alpha value is -1.68. The summed E-state index contributed by atoms with van der Waals surface area (Å²) in [5.74, 6) is 1.81. The first-order chi connectivity index (χ1) is 9.42. The van der Waals surface area contributed by atoms with Gasteiger partial charge >= 0.3 is 0 Å². The van der Waals surface area contributed by atoms with E-state index in [4.69, 9.17) is 0 Å². The fraction of sp³-hybridized carbons (Fsp3) is 0.467. The third-order valence-corrected chi connectivity index (χ3v) is 3.56. The zero-order valence-electron chi connectivity index (χ0n) is 11.1. The number of nitrogens with zero attached hydrogens (tertiary/aromatic N) is 2. The fourth-order valence-corrected chi connectivity index (χ4v) is 2.34. The van der Waals surface area contributed by atoms with E-state index in [0.29, 0.717) is 0 Å². The van der Waals surface area contributed by atoms with Gasteiger partial charge in [0, 0.05) is 13.0 Å². The van der Waals surface area contributed by atoms with Gasteiger partial charge in [-0.2, -0.15) is 5.10 Å². The fourth-order valence-electron chi connectivity index (χ4n) is 2.34. The van der Waals surface area contributed by atoms with Crippen LogP contribution >= 0.6 is 0 Å². The van der Waals surface area contributed by atoms with Crippen molar-refractivity contribution in [3.8, 4) is 0 Å². The van der Waals surface area contributed by atoms with Crippen molar-refractivity contribution in [2.24, 2.45) is 0 Å². The zero-order valence-corrected chi connectivity index (χ0v) is 11.1. The van der Waals surface area contributed by atoms with Gasteiger partial charge in [-0.25, -0.2) is 4.98 Å². The minimum Gasteiger partial charge on any atom is -0.313 e. The highest BCUT2D eigenvalue weighted by molar-refractivity contribution is 5.29. The summed E-state index contributed by atoms with van der Waals surface area (Å²) < 4.78 is 0. The number of aryl methyl sites for hydroxylation is 1. The van der Waals surface area contributed by atoms with E-state index in [1.54, 1.807) is 6.33 Å². The maximum Gasteiger partial charge on any atom is 0.137 e. The number of hydrogen-bond acceptors (Lipinski definition) is 3. The zero-order chi connectivity index (χ0) is 12.9. The lowest BCUT2D eigenvalue weighted by Crippen LogP contribution is -2.15. The van der Waals surface area contributed by atoms with Crippen molar-refractivity contribution in [1.29, 1.82) is 0 Å². The van der Waals surface area contributed by atoms with E-state index in [2.05, 4.69) is 44.8 Å². The van der Waals surface area contributed by atoms with Gasteiger partial charge in [0.25, 0.3) is 0 Å². The van der Waals surface area contributed by atoms with Crippen LogP contribution in [-0.2, 0) is 13.0 Å². The molecular formula is C15H20N4. The molecule has 0 spiro atoms. The predicted molar refractivity (Wildman–Crippen MR) is 74.8 cm³/mol. The summed E-state index contributed by atoms with van der Waals surface area (Å²) in [5, 5.41) is 10.2. The number of aromatic nitrogens is 3. The molecule has 1 aliphatic carbocycles. The summed E-state index contributed by atoms with van der Waals surface area (Å²) in [6, 6.07) is 8.99. The lowest BCUT2D eigenvalue weighted by Gasteiger charge is -2.06. The summed E-state index contributed by atoms with van der Waals surface area (Å²) in [6.07, 6.45) is 6.33. The van der Waals surface area contributed by atoms with Gasteiger partial charge in [-0.05, 0) is 42.9 Å². The van der Waals surface area contributed by atoms with Crippen molar-refractivity contribution in [3.63, 3.8) is 0 Å². The number of aromatic amines is 1. The third-order valence-electron chi connectivity index (χ3n) is 3.56. The smallest absolute Gasteiger partial charge is 0.137 e. The maximum atomic E-state index is 4.12. The Balaban J connectivity index is 1.38. The second-order valence-electron chi connectivity index (χ2n) is 5.23. The average molecular weight is 256 g/mol. The van der Waals surface area contributed by atoms with Crippen molar-refractivity contribution < 1.29 is 0 Å². The largest absolute Gasteiger partial charge is 0.313 e. The molecule has 2 N–H and O–H groups in total. The lowest BCUT2D eigenvalue weighted by molar-refractivity contribution is 0.639. The van der Waals surface area contributed by atoms with Crippen LogP contribution < -0.4 is 5.32 Å². The Morgan fingerprint density at radius 1 is 1.32 bits per heavy atom. The summed E-state index contributed by atoms with van der Waals surface area (Å²) in [6.45, 7) is 1.96. The minimum absolute atomic E-state index is 0.839. The van der Waals surface area contributed by atoms with E-state index in [1.807, 2.05) is 0 Å². The Morgan fingerprint density at radius 2 is 2.26 bits per heavy atom. The van der Waals surface area contributed by atoms with Crippen LogP contribution in [0.15, 0.2) is 30.6 Å². The molecule has 0 aliphatic heterocycles. The molecule has 0 bridgehead atoms. The molecule has 4 nitrogen and oxygen atoms in total. The Kier molecular flexibility index (Phi) is 3.89. The van der Waals surface area contributed by atoms with Crippen LogP contribution in [0.1, 0.15) is 42.1 Å². The van der Waals surface area contributed by atoms with Gasteiger partial charge in [0.1, 0.15) is 12.2 Å². The predicted octanol–water partition coefficient (Wildman–Crippen LogP) is 2.40. The molecule has 0 saturated heterocycles. The van der Waals surface area contributed by atoms with Crippen LogP contribution in [-0.4, -0.2) is 21.7 Å². The molecule has 19 heavy (non-hydrogen) atoms. The quantitative estimate of drug-likeness (QED) is 0.748. The molecule has 0 radical (unpaired) electrons. The number of nitrogens with one attached hydrogen (secondary N) is 2. The first-order valence-electron chi connectivity index (χ1n) is 7.05. The molecule has 0 atom stereocenters. The number of H-pyrrole nitrogens is 1. The number of rotatable bonds is 7. The first-order valence-corrected chi connectivity index (χ1v) is 7.05. The summed E-state index contributed by atoms with van der Waals surface area (Å²) in [7, 11) is 0. The normalized spacial score (nSPS) is 14.7. The molecule has 0 unspecified atom stereocenters. The molecule has 3 rings (SSSR count). The molecule has 1 aliphatic rings. The van der Waals surface area contributed by atoms with Gasteiger partial charge in [0.05, 0.1) is 0 Å². The summed E-state index contributed by atoms with van der Waals surface area (Å²) in [5.41, 5.74) is 2.91. The van der Waals surface area contributed by atoms with Crippen molar-refractivity contribution >= 4 is 0 Å². The van der Waals surface area contributed by atoms with Crippen LogP contribution in [0.5, 0.6) is 0 Å². The van der Waals surface area contributed by atoms with Gasteiger partial charge in [-0.3, -0.25) is 5.10 Å². The molecule has 100 valence electrons. The molecule has 1 saturated carbocycles. The number of hydrogen-bond donors (Lipinski definition) is 2. The summed E-state index contributed by atoms with van der Waals surface area (Å²) >= 11 is 0. The van der Waals surface area contributed by atoms with Crippen LogP contribution in [0.3, 0.4) is 0 Å². The van der Waals surface area contributed by atoms with E-state index in [-0.39, 0.29) is 0 Å². The standard InChI is InChI=1S/C15H20N4/c1-3-12(9-14(4-1)13-6-7-13)10-16-8-2-5-15-17-11-18-19-15/h1,3-4,9,11,13,16H,2,5-8,10H2,(H,17,18,19). The SMILES string of the molecule is c1cc(CNCCCc2ncn[nH]2)cc(C2CC2)c1. The Labute approximate surface area is 113 Å². The molecule has 1 heterocycles. The molecule has 0 amide bonds.